The third-order valence-corrected chi connectivity index (χ3v) is 5.79. The Morgan fingerprint density at radius 1 is 1.16 bits per heavy atom. The lowest BCUT2D eigenvalue weighted by Gasteiger charge is -2.26. The van der Waals surface area contributed by atoms with Crippen molar-refractivity contribution in [2.75, 3.05) is 19.8 Å². The molecule has 2 atom stereocenters. The minimum absolute atomic E-state index is 0.259. The molecule has 32 heavy (non-hydrogen) atoms. The highest BCUT2D eigenvalue weighted by molar-refractivity contribution is 6.09. The number of halogens is 1. The summed E-state index contributed by atoms with van der Waals surface area (Å²) in [5.41, 5.74) is -0.0618. The molecule has 1 fully saturated rings. The van der Waals surface area contributed by atoms with Gasteiger partial charge in [-0.05, 0) is 48.7 Å². The maximum absolute atomic E-state index is 13.3. The van der Waals surface area contributed by atoms with E-state index in [1.165, 1.54) is 24.3 Å². The fourth-order valence-corrected chi connectivity index (χ4v) is 3.99. The van der Waals surface area contributed by atoms with Gasteiger partial charge in [0.1, 0.15) is 31.1 Å². The second-order valence-electron chi connectivity index (χ2n) is 7.78. The molecule has 4 amide bonds. The lowest BCUT2D eigenvalue weighted by atomic mass is 9.87. The van der Waals surface area contributed by atoms with Crippen LogP contribution in [0.1, 0.15) is 37.4 Å². The van der Waals surface area contributed by atoms with Crippen molar-refractivity contribution in [3.8, 4) is 11.5 Å². The van der Waals surface area contributed by atoms with Crippen LogP contribution in [0.15, 0.2) is 42.5 Å². The van der Waals surface area contributed by atoms with Crippen molar-refractivity contribution in [1.29, 1.82) is 0 Å². The van der Waals surface area contributed by atoms with Crippen molar-refractivity contribution in [1.82, 2.24) is 15.5 Å². The van der Waals surface area contributed by atoms with E-state index in [0.717, 1.165) is 10.5 Å². The topological polar surface area (TPSA) is 97.0 Å². The molecule has 4 rings (SSSR count). The molecule has 2 aromatic carbocycles. The van der Waals surface area contributed by atoms with E-state index in [-0.39, 0.29) is 12.5 Å². The van der Waals surface area contributed by atoms with E-state index in [1.54, 1.807) is 26.0 Å². The predicted molar refractivity (Wildman–Crippen MR) is 113 cm³/mol. The molecule has 0 aromatic heterocycles. The number of amides is 4. The van der Waals surface area contributed by atoms with Crippen LogP contribution in [0.3, 0.4) is 0 Å². The molecule has 0 unspecified atom stereocenters. The molecule has 2 heterocycles. The second-order valence-corrected chi connectivity index (χ2v) is 7.78. The molecular formula is C23H24FN3O5. The van der Waals surface area contributed by atoms with E-state index >= 15 is 0 Å². The highest BCUT2D eigenvalue weighted by Gasteiger charge is 2.51. The van der Waals surface area contributed by atoms with E-state index in [9.17, 15) is 18.8 Å². The van der Waals surface area contributed by atoms with Crippen molar-refractivity contribution in [2.45, 2.75) is 31.8 Å². The van der Waals surface area contributed by atoms with Gasteiger partial charge in [0, 0.05) is 0 Å². The quantitative estimate of drug-likeness (QED) is 0.672. The smallest absolute Gasteiger partial charge is 0.325 e. The standard InChI is InChI=1S/C23H24FN3O5/c1-3-23(16-5-7-17(24)8-6-16)21(29)27(22(30)26-23)13-20(28)25-14(2)15-4-9-18-19(12-15)32-11-10-31-18/h4-9,12,14H,3,10-11,13H2,1-2H3,(H,25,28)(H,26,30)/t14-,23-/m1/s1. The first-order valence-electron chi connectivity index (χ1n) is 10.4. The van der Waals surface area contributed by atoms with Gasteiger partial charge in [-0.15, -0.1) is 0 Å². The zero-order valence-electron chi connectivity index (χ0n) is 17.8. The molecule has 0 radical (unpaired) electrons. The fraction of sp³-hybridized carbons (Fsp3) is 0.348. The number of benzene rings is 2. The van der Waals surface area contributed by atoms with Crippen molar-refractivity contribution in [3.05, 3.63) is 59.4 Å². The SMILES string of the molecule is CC[C@]1(c2ccc(F)cc2)NC(=O)N(CC(=O)N[C@H](C)c2ccc3c(c2)OCCO3)C1=O. The number of carbonyl (C=O) groups is 3. The number of nitrogens with zero attached hydrogens (tertiary/aromatic N) is 1. The van der Waals surface area contributed by atoms with Gasteiger partial charge in [-0.25, -0.2) is 9.18 Å². The number of ether oxygens (including phenoxy) is 2. The molecule has 9 heteroatoms. The van der Waals surface area contributed by atoms with Crippen LogP contribution in [0.5, 0.6) is 11.5 Å². The Labute approximate surface area is 184 Å². The number of rotatable bonds is 6. The third-order valence-electron chi connectivity index (χ3n) is 5.79. The number of carbonyl (C=O) groups excluding carboxylic acids is 3. The molecule has 2 aliphatic rings. The van der Waals surface area contributed by atoms with Gasteiger partial charge in [0.05, 0.1) is 6.04 Å². The molecule has 0 spiro atoms. The summed E-state index contributed by atoms with van der Waals surface area (Å²) < 4.78 is 24.4. The van der Waals surface area contributed by atoms with Gasteiger partial charge in [-0.2, -0.15) is 0 Å². The van der Waals surface area contributed by atoms with Gasteiger partial charge in [0.25, 0.3) is 5.91 Å². The summed E-state index contributed by atoms with van der Waals surface area (Å²) in [5.74, 6) is -0.215. The third kappa shape index (κ3) is 3.86. The molecule has 0 aliphatic carbocycles. The van der Waals surface area contributed by atoms with Gasteiger partial charge in [0.15, 0.2) is 11.5 Å². The van der Waals surface area contributed by atoms with E-state index in [2.05, 4.69) is 10.6 Å². The van der Waals surface area contributed by atoms with Crippen LogP contribution in [0.2, 0.25) is 0 Å². The van der Waals surface area contributed by atoms with E-state index in [0.29, 0.717) is 30.3 Å². The largest absolute Gasteiger partial charge is 0.486 e. The Morgan fingerprint density at radius 3 is 2.53 bits per heavy atom. The summed E-state index contributed by atoms with van der Waals surface area (Å²) in [7, 11) is 0. The molecule has 2 aliphatic heterocycles. The van der Waals surface area contributed by atoms with Gasteiger partial charge in [-0.3, -0.25) is 14.5 Å². The summed E-state index contributed by atoms with van der Waals surface area (Å²) >= 11 is 0. The number of fused-ring (bicyclic) bond motifs is 1. The summed E-state index contributed by atoms with van der Waals surface area (Å²) in [6.07, 6.45) is 0.259. The van der Waals surface area contributed by atoms with Gasteiger partial charge in [0.2, 0.25) is 5.91 Å². The van der Waals surface area contributed by atoms with E-state index < -0.39 is 35.7 Å². The molecule has 2 N–H and O–H groups in total. The fourth-order valence-electron chi connectivity index (χ4n) is 3.99. The Hall–Kier alpha value is -3.62. The van der Waals surface area contributed by atoms with Crippen LogP contribution < -0.4 is 20.1 Å². The summed E-state index contributed by atoms with van der Waals surface area (Å²) in [5, 5.41) is 5.49. The summed E-state index contributed by atoms with van der Waals surface area (Å²) in [4.78, 5) is 39.2. The summed E-state index contributed by atoms with van der Waals surface area (Å²) in [6.45, 7) is 4.06. The molecule has 2 aromatic rings. The molecular weight excluding hydrogens is 417 g/mol. The normalized spacial score (nSPS) is 20.7. The zero-order chi connectivity index (χ0) is 22.9. The lowest BCUT2D eigenvalue weighted by Crippen LogP contribution is -2.45. The van der Waals surface area contributed by atoms with E-state index in [1.807, 2.05) is 6.07 Å². The van der Waals surface area contributed by atoms with Gasteiger partial charge in [-0.1, -0.05) is 25.1 Å². The first kappa shape index (κ1) is 21.6. The minimum Gasteiger partial charge on any atom is -0.486 e. The van der Waals surface area contributed by atoms with Crippen LogP contribution >= 0.6 is 0 Å². The van der Waals surface area contributed by atoms with Crippen LogP contribution in [0.4, 0.5) is 9.18 Å². The van der Waals surface area contributed by atoms with Crippen molar-refractivity contribution < 1.29 is 28.2 Å². The van der Waals surface area contributed by atoms with Crippen LogP contribution in [-0.4, -0.2) is 42.5 Å². The highest BCUT2D eigenvalue weighted by Crippen LogP contribution is 2.34. The maximum Gasteiger partial charge on any atom is 0.325 e. The lowest BCUT2D eigenvalue weighted by molar-refractivity contribution is -0.135. The van der Waals surface area contributed by atoms with E-state index in [4.69, 9.17) is 9.47 Å². The van der Waals surface area contributed by atoms with Crippen LogP contribution in [0.25, 0.3) is 0 Å². The monoisotopic (exact) mass is 441 g/mol. The zero-order valence-corrected chi connectivity index (χ0v) is 17.8. The van der Waals surface area contributed by atoms with Crippen molar-refractivity contribution in [2.24, 2.45) is 0 Å². The Balaban J connectivity index is 1.45. The number of imide groups is 1. The van der Waals surface area contributed by atoms with Crippen LogP contribution in [0, 0.1) is 5.82 Å². The average Bonchev–Trinajstić information content (AvgIpc) is 3.04. The average molecular weight is 441 g/mol. The predicted octanol–water partition coefficient (Wildman–Crippen LogP) is 2.63. The van der Waals surface area contributed by atoms with Gasteiger partial charge < -0.3 is 20.1 Å². The second kappa shape index (κ2) is 8.49. The molecule has 8 nitrogen and oxygen atoms in total. The van der Waals surface area contributed by atoms with Gasteiger partial charge >= 0.3 is 6.03 Å². The Bertz CT molecular complexity index is 1060. The molecule has 168 valence electrons. The number of hydrogen-bond acceptors (Lipinski definition) is 5. The first-order valence-corrected chi connectivity index (χ1v) is 10.4. The minimum atomic E-state index is -1.33. The Kier molecular flexibility index (Phi) is 5.73. The Morgan fingerprint density at radius 2 is 1.84 bits per heavy atom. The first-order chi connectivity index (χ1) is 15.3. The number of hydrogen-bond donors (Lipinski definition) is 2. The summed E-state index contributed by atoms with van der Waals surface area (Å²) in [6, 6.07) is 9.74. The molecule has 0 bridgehead atoms. The van der Waals surface area contributed by atoms with Crippen molar-refractivity contribution >= 4 is 17.8 Å². The van der Waals surface area contributed by atoms with Crippen LogP contribution in [-0.2, 0) is 15.1 Å². The van der Waals surface area contributed by atoms with Crippen molar-refractivity contribution in [3.63, 3.8) is 0 Å². The highest BCUT2D eigenvalue weighted by atomic mass is 19.1. The molecule has 1 saturated heterocycles. The molecule has 0 saturated carbocycles. The number of urea groups is 1. The number of nitrogens with one attached hydrogen (secondary N) is 2. The maximum atomic E-state index is 13.3.